The van der Waals surface area contributed by atoms with E-state index >= 15 is 0 Å². The fourth-order valence-electron chi connectivity index (χ4n) is 4.32. The molecule has 1 N–H and O–H groups in total. The molecule has 0 aliphatic heterocycles. The molecule has 0 saturated heterocycles. The van der Waals surface area contributed by atoms with Crippen molar-refractivity contribution in [2.24, 2.45) is 23.2 Å². The van der Waals surface area contributed by atoms with Crippen LogP contribution < -0.4 is 10.1 Å². The maximum atomic E-state index is 5.60. The van der Waals surface area contributed by atoms with Gasteiger partial charge in [-0.1, -0.05) is 64.1 Å². The Morgan fingerprint density at radius 2 is 1.73 bits per heavy atom. The normalized spacial score (nSPS) is 24.9. The van der Waals surface area contributed by atoms with Crippen molar-refractivity contribution in [2.45, 2.75) is 40.5 Å². The molecular formula is C24H33NO. The van der Waals surface area contributed by atoms with Crippen LogP contribution in [0.2, 0.25) is 0 Å². The van der Waals surface area contributed by atoms with Crippen LogP contribution in [-0.4, -0.2) is 13.7 Å². The summed E-state index contributed by atoms with van der Waals surface area (Å²) in [7, 11) is 1.75. The van der Waals surface area contributed by atoms with E-state index in [1.165, 1.54) is 24.0 Å². The van der Waals surface area contributed by atoms with Crippen molar-refractivity contribution in [3.63, 3.8) is 0 Å². The molecule has 1 unspecified atom stereocenters. The second-order valence-electron chi connectivity index (χ2n) is 8.51. The SMILES string of the molecule is COc1ccc(-c2ccccc2)cc1NCC1CC[C@@H](C)C(C)(C)[C@H]1C. The lowest BCUT2D eigenvalue weighted by atomic mass is 9.59. The van der Waals surface area contributed by atoms with Gasteiger partial charge in [0.15, 0.2) is 0 Å². The molecule has 2 nitrogen and oxygen atoms in total. The van der Waals surface area contributed by atoms with E-state index in [9.17, 15) is 0 Å². The van der Waals surface area contributed by atoms with E-state index in [4.69, 9.17) is 4.74 Å². The van der Waals surface area contributed by atoms with Gasteiger partial charge < -0.3 is 10.1 Å². The number of anilines is 1. The molecule has 26 heavy (non-hydrogen) atoms. The van der Waals surface area contributed by atoms with Gasteiger partial charge in [-0.15, -0.1) is 0 Å². The van der Waals surface area contributed by atoms with Crippen molar-refractivity contribution in [2.75, 3.05) is 19.0 Å². The summed E-state index contributed by atoms with van der Waals surface area (Å²) in [6, 6.07) is 16.9. The first-order valence-corrected chi connectivity index (χ1v) is 9.90. The Bertz CT molecular complexity index is 722. The summed E-state index contributed by atoms with van der Waals surface area (Å²) in [6.07, 6.45) is 2.63. The van der Waals surface area contributed by atoms with Crippen molar-refractivity contribution in [3.05, 3.63) is 48.5 Å². The topological polar surface area (TPSA) is 21.3 Å². The molecule has 0 radical (unpaired) electrons. The second-order valence-corrected chi connectivity index (χ2v) is 8.51. The predicted octanol–water partition coefficient (Wildman–Crippen LogP) is 6.48. The van der Waals surface area contributed by atoms with Crippen LogP contribution in [0.1, 0.15) is 40.5 Å². The highest BCUT2D eigenvalue weighted by Gasteiger charge is 2.40. The Kier molecular flexibility index (Phi) is 5.60. The third kappa shape index (κ3) is 3.75. The van der Waals surface area contributed by atoms with Crippen LogP contribution in [0.25, 0.3) is 11.1 Å². The van der Waals surface area contributed by atoms with Crippen molar-refractivity contribution in [1.29, 1.82) is 0 Å². The van der Waals surface area contributed by atoms with Gasteiger partial charge in [0.1, 0.15) is 5.75 Å². The summed E-state index contributed by atoms with van der Waals surface area (Å²) in [5.74, 6) is 3.12. The maximum absolute atomic E-state index is 5.60. The molecule has 1 aliphatic rings. The first-order valence-electron chi connectivity index (χ1n) is 9.90. The van der Waals surface area contributed by atoms with Gasteiger partial charge in [0.2, 0.25) is 0 Å². The summed E-state index contributed by atoms with van der Waals surface area (Å²) in [6.45, 7) is 10.7. The smallest absolute Gasteiger partial charge is 0.141 e. The van der Waals surface area contributed by atoms with Gasteiger partial charge in [-0.05, 0) is 59.3 Å². The molecular weight excluding hydrogens is 318 g/mol. The Balaban J connectivity index is 1.77. The van der Waals surface area contributed by atoms with Gasteiger partial charge >= 0.3 is 0 Å². The molecule has 1 fully saturated rings. The van der Waals surface area contributed by atoms with Crippen LogP contribution in [0.15, 0.2) is 48.5 Å². The third-order valence-electron chi connectivity index (χ3n) is 6.98. The zero-order valence-electron chi connectivity index (χ0n) is 16.9. The minimum Gasteiger partial charge on any atom is -0.495 e. The standard InChI is InChI=1S/C24H33NO/c1-17-11-12-21(18(2)24(17,3)4)16-25-22-15-20(13-14-23(22)26-5)19-9-7-6-8-10-19/h6-10,13-15,17-18,21,25H,11-12,16H2,1-5H3/t17-,18+,21?/m1/s1. The van der Waals surface area contributed by atoms with Gasteiger partial charge in [0, 0.05) is 6.54 Å². The van der Waals surface area contributed by atoms with Crippen LogP contribution in [-0.2, 0) is 0 Å². The molecule has 0 heterocycles. The zero-order chi connectivity index (χ0) is 18.7. The van der Waals surface area contributed by atoms with Crippen LogP contribution in [0, 0.1) is 23.2 Å². The number of methoxy groups -OCH3 is 1. The van der Waals surface area contributed by atoms with E-state index < -0.39 is 0 Å². The van der Waals surface area contributed by atoms with E-state index in [-0.39, 0.29) is 0 Å². The summed E-state index contributed by atoms with van der Waals surface area (Å²) in [5.41, 5.74) is 3.96. The highest BCUT2D eigenvalue weighted by atomic mass is 16.5. The summed E-state index contributed by atoms with van der Waals surface area (Å²) in [4.78, 5) is 0. The molecule has 2 aromatic carbocycles. The van der Waals surface area contributed by atoms with E-state index in [1.54, 1.807) is 7.11 Å². The highest BCUT2D eigenvalue weighted by molar-refractivity contribution is 5.71. The van der Waals surface area contributed by atoms with Crippen molar-refractivity contribution in [3.8, 4) is 16.9 Å². The number of hydrogen-bond donors (Lipinski definition) is 1. The number of hydrogen-bond acceptors (Lipinski definition) is 2. The van der Waals surface area contributed by atoms with Gasteiger partial charge in [0.25, 0.3) is 0 Å². The first-order chi connectivity index (χ1) is 12.4. The molecule has 2 heteroatoms. The average molecular weight is 352 g/mol. The Morgan fingerprint density at radius 3 is 2.42 bits per heavy atom. The molecule has 0 aromatic heterocycles. The number of nitrogens with one attached hydrogen (secondary N) is 1. The fourth-order valence-corrected chi connectivity index (χ4v) is 4.32. The largest absolute Gasteiger partial charge is 0.495 e. The van der Waals surface area contributed by atoms with Crippen LogP contribution in [0.5, 0.6) is 5.75 Å². The van der Waals surface area contributed by atoms with Crippen LogP contribution >= 0.6 is 0 Å². The lowest BCUT2D eigenvalue weighted by Gasteiger charge is -2.47. The quantitative estimate of drug-likeness (QED) is 0.665. The van der Waals surface area contributed by atoms with E-state index in [1.807, 2.05) is 0 Å². The molecule has 140 valence electrons. The lowest BCUT2D eigenvalue weighted by Crippen LogP contribution is -2.41. The molecule has 0 bridgehead atoms. The third-order valence-corrected chi connectivity index (χ3v) is 6.98. The first kappa shape index (κ1) is 18.8. The fraction of sp³-hybridized carbons (Fsp3) is 0.500. The lowest BCUT2D eigenvalue weighted by molar-refractivity contribution is 0.0381. The second kappa shape index (κ2) is 7.73. The van der Waals surface area contributed by atoms with E-state index in [2.05, 4.69) is 81.5 Å². The van der Waals surface area contributed by atoms with Gasteiger partial charge in [-0.3, -0.25) is 0 Å². The minimum absolute atomic E-state index is 0.403. The summed E-state index contributed by atoms with van der Waals surface area (Å²) < 4.78 is 5.60. The number of ether oxygens (including phenoxy) is 1. The molecule has 1 aliphatic carbocycles. The van der Waals surface area contributed by atoms with Crippen LogP contribution in [0.4, 0.5) is 5.69 Å². The molecule has 3 atom stereocenters. The summed E-state index contributed by atoms with van der Waals surface area (Å²) in [5, 5.41) is 3.70. The van der Waals surface area contributed by atoms with Crippen molar-refractivity contribution in [1.82, 2.24) is 0 Å². The van der Waals surface area contributed by atoms with Gasteiger partial charge in [0.05, 0.1) is 12.8 Å². The Hall–Kier alpha value is -1.96. The molecule has 1 saturated carbocycles. The van der Waals surface area contributed by atoms with Crippen LogP contribution in [0.3, 0.4) is 0 Å². The van der Waals surface area contributed by atoms with E-state index in [0.29, 0.717) is 17.3 Å². The van der Waals surface area contributed by atoms with Crippen molar-refractivity contribution < 1.29 is 4.74 Å². The molecule has 3 rings (SSSR count). The number of rotatable bonds is 5. The zero-order valence-corrected chi connectivity index (χ0v) is 16.9. The Morgan fingerprint density at radius 1 is 1.00 bits per heavy atom. The highest BCUT2D eigenvalue weighted by Crippen LogP contribution is 2.47. The van der Waals surface area contributed by atoms with Crippen molar-refractivity contribution >= 4 is 5.69 Å². The number of benzene rings is 2. The molecule has 0 amide bonds. The minimum atomic E-state index is 0.403. The average Bonchev–Trinajstić information content (AvgIpc) is 2.66. The monoisotopic (exact) mass is 351 g/mol. The Labute approximate surface area is 159 Å². The predicted molar refractivity (Wildman–Crippen MR) is 112 cm³/mol. The van der Waals surface area contributed by atoms with E-state index in [0.717, 1.165) is 23.9 Å². The summed E-state index contributed by atoms with van der Waals surface area (Å²) >= 11 is 0. The van der Waals surface area contributed by atoms with Gasteiger partial charge in [-0.25, -0.2) is 0 Å². The molecule has 0 spiro atoms. The van der Waals surface area contributed by atoms with Gasteiger partial charge in [-0.2, -0.15) is 0 Å². The maximum Gasteiger partial charge on any atom is 0.141 e. The molecule has 2 aromatic rings.